The van der Waals surface area contributed by atoms with E-state index in [1.54, 1.807) is 19.2 Å². The van der Waals surface area contributed by atoms with E-state index in [0.717, 1.165) is 11.1 Å². The summed E-state index contributed by atoms with van der Waals surface area (Å²) in [4.78, 5) is 0. The largest absolute Gasteiger partial charge is 0.496 e. The maximum Gasteiger partial charge on any atom is 0.126 e. The summed E-state index contributed by atoms with van der Waals surface area (Å²) in [5, 5.41) is 0.568. The number of benzene rings is 2. The molecule has 0 fully saturated rings. The maximum atomic E-state index is 13.4. The fourth-order valence-corrected chi connectivity index (χ4v) is 2.32. The van der Waals surface area contributed by atoms with E-state index in [-0.39, 0.29) is 11.9 Å². The van der Waals surface area contributed by atoms with E-state index in [0.29, 0.717) is 16.3 Å². The molecule has 0 heterocycles. The van der Waals surface area contributed by atoms with Gasteiger partial charge in [0.25, 0.3) is 0 Å². The smallest absolute Gasteiger partial charge is 0.126 e. The molecule has 2 aromatic rings. The lowest BCUT2D eigenvalue weighted by Crippen LogP contribution is -2.05. The standard InChI is InChI=1S/C15H15ClFNO/c1-9(18)12-5-3-10(7-14(12)16)13-8-11(17)4-6-15(13)19-2/h3-9H,18H2,1-2H3. The molecular formula is C15H15ClFNO. The van der Waals surface area contributed by atoms with Gasteiger partial charge in [0, 0.05) is 16.6 Å². The average Bonchev–Trinajstić information content (AvgIpc) is 2.38. The van der Waals surface area contributed by atoms with Crippen LogP contribution >= 0.6 is 11.6 Å². The van der Waals surface area contributed by atoms with Crippen LogP contribution in [0.5, 0.6) is 5.75 Å². The van der Waals surface area contributed by atoms with Gasteiger partial charge in [-0.3, -0.25) is 0 Å². The Bertz CT molecular complexity index is 599. The van der Waals surface area contributed by atoms with Gasteiger partial charge in [-0.25, -0.2) is 4.39 Å². The van der Waals surface area contributed by atoms with E-state index in [1.807, 2.05) is 19.1 Å². The molecule has 0 aliphatic carbocycles. The Morgan fingerprint density at radius 3 is 2.53 bits per heavy atom. The lowest BCUT2D eigenvalue weighted by molar-refractivity contribution is 0.415. The van der Waals surface area contributed by atoms with Crippen LogP contribution in [0.3, 0.4) is 0 Å². The van der Waals surface area contributed by atoms with Gasteiger partial charge in [-0.2, -0.15) is 0 Å². The van der Waals surface area contributed by atoms with Crippen LogP contribution in [-0.4, -0.2) is 7.11 Å². The summed E-state index contributed by atoms with van der Waals surface area (Å²) in [5.74, 6) is 0.286. The zero-order chi connectivity index (χ0) is 14.0. The minimum Gasteiger partial charge on any atom is -0.496 e. The second kappa shape index (κ2) is 5.59. The van der Waals surface area contributed by atoms with Crippen LogP contribution in [0, 0.1) is 5.82 Å². The van der Waals surface area contributed by atoms with Crippen molar-refractivity contribution < 1.29 is 9.13 Å². The number of halogens is 2. The Labute approximate surface area is 117 Å². The van der Waals surface area contributed by atoms with Crippen molar-refractivity contribution in [2.75, 3.05) is 7.11 Å². The molecule has 2 nitrogen and oxygen atoms in total. The third kappa shape index (κ3) is 2.88. The summed E-state index contributed by atoms with van der Waals surface area (Å²) in [7, 11) is 1.55. The molecule has 100 valence electrons. The first-order chi connectivity index (χ1) is 9.02. The average molecular weight is 280 g/mol. The molecular weight excluding hydrogens is 265 g/mol. The quantitative estimate of drug-likeness (QED) is 0.915. The zero-order valence-corrected chi connectivity index (χ0v) is 11.5. The summed E-state index contributed by atoms with van der Waals surface area (Å²) in [6, 6.07) is 9.73. The molecule has 0 aromatic heterocycles. The summed E-state index contributed by atoms with van der Waals surface area (Å²) in [6.07, 6.45) is 0. The Kier molecular flexibility index (Phi) is 4.08. The van der Waals surface area contributed by atoms with Crippen molar-refractivity contribution in [3.63, 3.8) is 0 Å². The highest BCUT2D eigenvalue weighted by Crippen LogP contribution is 2.34. The molecule has 0 radical (unpaired) electrons. The van der Waals surface area contributed by atoms with Gasteiger partial charge in [0.15, 0.2) is 0 Å². The number of nitrogens with two attached hydrogens (primary N) is 1. The lowest BCUT2D eigenvalue weighted by Gasteiger charge is -2.12. The van der Waals surface area contributed by atoms with Crippen LogP contribution in [0.15, 0.2) is 36.4 Å². The minimum atomic E-state index is -0.316. The summed E-state index contributed by atoms with van der Waals surface area (Å²) >= 11 is 6.20. The summed E-state index contributed by atoms with van der Waals surface area (Å²) < 4.78 is 18.6. The van der Waals surface area contributed by atoms with Crippen LogP contribution < -0.4 is 10.5 Å². The number of rotatable bonds is 3. The number of hydrogen-bond donors (Lipinski definition) is 1. The third-order valence-electron chi connectivity index (χ3n) is 2.96. The Morgan fingerprint density at radius 2 is 1.95 bits per heavy atom. The van der Waals surface area contributed by atoms with Crippen molar-refractivity contribution in [1.29, 1.82) is 0 Å². The molecule has 0 aliphatic rings. The maximum absolute atomic E-state index is 13.4. The van der Waals surface area contributed by atoms with Gasteiger partial charge in [0.2, 0.25) is 0 Å². The van der Waals surface area contributed by atoms with E-state index in [2.05, 4.69) is 0 Å². The summed E-state index contributed by atoms with van der Waals surface area (Å²) in [6.45, 7) is 1.86. The fourth-order valence-electron chi connectivity index (χ4n) is 1.97. The van der Waals surface area contributed by atoms with Crippen LogP contribution in [0.25, 0.3) is 11.1 Å². The monoisotopic (exact) mass is 279 g/mol. The molecule has 2 aromatic carbocycles. The molecule has 2 rings (SSSR count). The van der Waals surface area contributed by atoms with Gasteiger partial charge in [-0.15, -0.1) is 0 Å². The molecule has 0 saturated carbocycles. The Morgan fingerprint density at radius 1 is 1.21 bits per heavy atom. The number of hydrogen-bond acceptors (Lipinski definition) is 2. The van der Waals surface area contributed by atoms with Crippen molar-refractivity contribution in [2.24, 2.45) is 5.73 Å². The van der Waals surface area contributed by atoms with Crippen molar-refractivity contribution in [3.8, 4) is 16.9 Å². The van der Waals surface area contributed by atoms with Crippen molar-refractivity contribution in [1.82, 2.24) is 0 Å². The normalized spacial score (nSPS) is 12.3. The first kappa shape index (κ1) is 13.8. The third-order valence-corrected chi connectivity index (χ3v) is 3.29. The molecule has 0 aliphatic heterocycles. The van der Waals surface area contributed by atoms with Gasteiger partial charge >= 0.3 is 0 Å². The van der Waals surface area contributed by atoms with Crippen LogP contribution in [-0.2, 0) is 0 Å². The van der Waals surface area contributed by atoms with Gasteiger partial charge < -0.3 is 10.5 Å². The van der Waals surface area contributed by atoms with Gasteiger partial charge in [-0.05, 0) is 42.3 Å². The van der Waals surface area contributed by atoms with E-state index in [9.17, 15) is 4.39 Å². The predicted octanol–water partition coefficient (Wildman–Crippen LogP) is 4.17. The molecule has 1 atom stereocenters. The number of methoxy groups -OCH3 is 1. The van der Waals surface area contributed by atoms with Gasteiger partial charge in [0.05, 0.1) is 7.11 Å². The second-order valence-corrected chi connectivity index (χ2v) is 4.78. The first-order valence-electron chi connectivity index (χ1n) is 5.92. The first-order valence-corrected chi connectivity index (χ1v) is 6.29. The number of ether oxygens (including phenoxy) is 1. The lowest BCUT2D eigenvalue weighted by atomic mass is 10.0. The second-order valence-electron chi connectivity index (χ2n) is 4.37. The highest BCUT2D eigenvalue weighted by molar-refractivity contribution is 6.31. The Hall–Kier alpha value is -1.58. The Balaban J connectivity index is 2.53. The topological polar surface area (TPSA) is 35.2 Å². The highest BCUT2D eigenvalue weighted by Gasteiger charge is 2.11. The molecule has 0 saturated heterocycles. The van der Waals surface area contributed by atoms with E-state index < -0.39 is 0 Å². The SMILES string of the molecule is COc1ccc(F)cc1-c1ccc(C(C)N)c(Cl)c1. The van der Waals surface area contributed by atoms with Crippen molar-refractivity contribution in [2.45, 2.75) is 13.0 Å². The van der Waals surface area contributed by atoms with Crippen LogP contribution in [0.1, 0.15) is 18.5 Å². The van der Waals surface area contributed by atoms with E-state index in [1.165, 1.54) is 12.1 Å². The zero-order valence-electron chi connectivity index (χ0n) is 10.8. The molecule has 2 N–H and O–H groups in total. The summed E-state index contributed by atoms with van der Waals surface area (Å²) in [5.41, 5.74) is 8.14. The van der Waals surface area contributed by atoms with Crippen LogP contribution in [0.4, 0.5) is 4.39 Å². The molecule has 4 heteroatoms. The van der Waals surface area contributed by atoms with E-state index in [4.69, 9.17) is 22.1 Å². The molecule has 0 amide bonds. The van der Waals surface area contributed by atoms with E-state index >= 15 is 0 Å². The molecule has 0 spiro atoms. The van der Waals surface area contributed by atoms with Gasteiger partial charge in [-0.1, -0.05) is 23.7 Å². The highest BCUT2D eigenvalue weighted by atomic mass is 35.5. The minimum absolute atomic E-state index is 0.143. The molecule has 19 heavy (non-hydrogen) atoms. The van der Waals surface area contributed by atoms with Crippen molar-refractivity contribution in [3.05, 3.63) is 52.8 Å². The van der Waals surface area contributed by atoms with Gasteiger partial charge in [0.1, 0.15) is 11.6 Å². The van der Waals surface area contributed by atoms with Crippen LogP contribution in [0.2, 0.25) is 5.02 Å². The van der Waals surface area contributed by atoms with Crippen molar-refractivity contribution >= 4 is 11.6 Å². The predicted molar refractivity (Wildman–Crippen MR) is 76.0 cm³/mol. The molecule has 0 bridgehead atoms. The molecule has 1 unspecified atom stereocenters. The fraction of sp³-hybridized carbons (Fsp3) is 0.200.